The number of pyridine rings is 1. The van der Waals surface area contributed by atoms with Crippen LogP contribution in [0.2, 0.25) is 0 Å². The first-order valence-corrected chi connectivity index (χ1v) is 2.88. The van der Waals surface area contributed by atoms with E-state index in [0.717, 1.165) is 0 Å². The van der Waals surface area contributed by atoms with Crippen molar-refractivity contribution >= 4 is 5.84 Å². The van der Waals surface area contributed by atoms with Gasteiger partial charge in [0.15, 0.2) is 0 Å². The molecule has 1 heterocycles. The van der Waals surface area contributed by atoms with E-state index in [4.69, 9.17) is 11.8 Å². The van der Waals surface area contributed by atoms with Gasteiger partial charge in [0, 0.05) is 18.0 Å². The lowest BCUT2D eigenvalue weighted by molar-refractivity contribution is 0.320. The molecule has 54 valence electrons. The molecule has 0 aliphatic heterocycles. The van der Waals surface area contributed by atoms with Crippen molar-refractivity contribution in [2.24, 2.45) is 5.16 Å². The van der Waals surface area contributed by atoms with Gasteiger partial charge in [-0.15, -0.1) is 0 Å². The molecule has 0 radical (unpaired) electrons. The third-order valence-electron chi connectivity index (χ3n) is 1.14. The predicted octanol–water partition coefficient (Wildman–Crippen LogP) is 1.14. The van der Waals surface area contributed by atoms with Crippen molar-refractivity contribution in [1.29, 1.82) is 0 Å². The fourth-order valence-corrected chi connectivity index (χ4v) is 0.646. The van der Waals surface area contributed by atoms with Crippen LogP contribution in [0, 0.1) is 6.57 Å². The SMILES string of the molecule is [C-]#[N+]/C(=N\O)c1ccncc1. The third kappa shape index (κ3) is 1.52. The van der Waals surface area contributed by atoms with Crippen LogP contribution < -0.4 is 0 Å². The number of oxime groups is 1. The van der Waals surface area contributed by atoms with E-state index >= 15 is 0 Å². The summed E-state index contributed by atoms with van der Waals surface area (Å²) in [5, 5.41) is 11.1. The zero-order chi connectivity index (χ0) is 8.10. The van der Waals surface area contributed by atoms with Gasteiger partial charge in [0.2, 0.25) is 0 Å². The van der Waals surface area contributed by atoms with Crippen molar-refractivity contribution in [2.45, 2.75) is 0 Å². The lowest BCUT2D eigenvalue weighted by atomic mass is 10.2. The summed E-state index contributed by atoms with van der Waals surface area (Å²) in [5.74, 6) is -0.0209. The lowest BCUT2D eigenvalue weighted by Gasteiger charge is -1.91. The van der Waals surface area contributed by atoms with Crippen LogP contribution in [0.15, 0.2) is 29.7 Å². The molecule has 0 amide bonds. The fourth-order valence-electron chi connectivity index (χ4n) is 0.646. The molecule has 1 N–H and O–H groups in total. The van der Waals surface area contributed by atoms with Crippen LogP contribution in [0.3, 0.4) is 0 Å². The lowest BCUT2D eigenvalue weighted by Crippen LogP contribution is -1.93. The molecule has 1 aromatic rings. The quantitative estimate of drug-likeness (QED) is 0.213. The Morgan fingerprint density at radius 2 is 2.18 bits per heavy atom. The van der Waals surface area contributed by atoms with Gasteiger partial charge in [0.1, 0.15) is 0 Å². The van der Waals surface area contributed by atoms with Crippen molar-refractivity contribution in [3.05, 3.63) is 41.5 Å². The average molecular weight is 147 g/mol. The second-order valence-corrected chi connectivity index (χ2v) is 1.77. The van der Waals surface area contributed by atoms with Gasteiger partial charge in [-0.25, -0.2) is 0 Å². The fraction of sp³-hybridized carbons (Fsp3) is 0. The molecule has 0 spiro atoms. The second kappa shape index (κ2) is 3.32. The molecule has 0 bridgehead atoms. The van der Waals surface area contributed by atoms with Gasteiger partial charge >= 0.3 is 5.84 Å². The van der Waals surface area contributed by atoms with Crippen molar-refractivity contribution in [3.8, 4) is 0 Å². The normalized spacial score (nSPS) is 10.6. The summed E-state index contributed by atoms with van der Waals surface area (Å²) in [6, 6.07) is 3.21. The highest BCUT2D eigenvalue weighted by atomic mass is 16.4. The molecule has 1 rings (SSSR count). The van der Waals surface area contributed by atoms with Crippen molar-refractivity contribution in [1.82, 2.24) is 4.98 Å². The Kier molecular flexibility index (Phi) is 2.18. The zero-order valence-electron chi connectivity index (χ0n) is 5.60. The minimum Gasteiger partial charge on any atom is -0.357 e. The Morgan fingerprint density at radius 1 is 1.55 bits per heavy atom. The van der Waals surface area contributed by atoms with E-state index in [1.807, 2.05) is 0 Å². The van der Waals surface area contributed by atoms with Gasteiger partial charge in [0.25, 0.3) is 0 Å². The Morgan fingerprint density at radius 3 is 2.64 bits per heavy atom. The summed E-state index contributed by atoms with van der Waals surface area (Å²) in [7, 11) is 0. The number of hydrogen-bond donors (Lipinski definition) is 1. The minimum absolute atomic E-state index is 0.0209. The van der Waals surface area contributed by atoms with Crippen molar-refractivity contribution < 1.29 is 5.21 Å². The summed E-state index contributed by atoms with van der Waals surface area (Å²) < 4.78 is 0. The molecule has 0 saturated heterocycles. The molecule has 0 unspecified atom stereocenters. The van der Waals surface area contributed by atoms with E-state index in [1.54, 1.807) is 12.1 Å². The van der Waals surface area contributed by atoms with E-state index < -0.39 is 0 Å². The van der Waals surface area contributed by atoms with E-state index in [2.05, 4.69) is 15.0 Å². The van der Waals surface area contributed by atoms with Gasteiger partial charge < -0.3 is 10.1 Å². The van der Waals surface area contributed by atoms with Gasteiger partial charge in [-0.1, -0.05) is 6.57 Å². The monoisotopic (exact) mass is 147 g/mol. The minimum atomic E-state index is -0.0209. The molecule has 0 aromatic carbocycles. The maximum atomic E-state index is 8.33. The zero-order valence-corrected chi connectivity index (χ0v) is 5.60. The van der Waals surface area contributed by atoms with Crippen LogP contribution in [0.25, 0.3) is 4.85 Å². The van der Waals surface area contributed by atoms with Crippen LogP contribution in [-0.2, 0) is 0 Å². The van der Waals surface area contributed by atoms with E-state index in [9.17, 15) is 0 Å². The topological polar surface area (TPSA) is 49.8 Å². The van der Waals surface area contributed by atoms with Crippen LogP contribution in [0.5, 0.6) is 0 Å². The smallest absolute Gasteiger partial charge is 0.321 e. The van der Waals surface area contributed by atoms with Crippen molar-refractivity contribution in [2.75, 3.05) is 0 Å². The first-order chi connectivity index (χ1) is 5.38. The number of hydrogen-bond acceptors (Lipinski definition) is 3. The molecule has 4 heteroatoms. The molecule has 0 atom stereocenters. The highest BCUT2D eigenvalue weighted by Gasteiger charge is 2.00. The first kappa shape index (κ1) is 7.22. The maximum absolute atomic E-state index is 8.33. The van der Waals surface area contributed by atoms with E-state index in [-0.39, 0.29) is 5.84 Å². The van der Waals surface area contributed by atoms with Crippen LogP contribution in [0.1, 0.15) is 5.56 Å². The van der Waals surface area contributed by atoms with Crippen LogP contribution >= 0.6 is 0 Å². The standard InChI is InChI=1S/C7H5N3O/c1-8-7(10-11)6-2-4-9-5-3-6/h2-5,11H/b10-7-. The molecule has 1 aromatic heterocycles. The van der Waals surface area contributed by atoms with Crippen LogP contribution in [0.4, 0.5) is 0 Å². The number of nitrogens with zero attached hydrogens (tertiary/aromatic N) is 3. The second-order valence-electron chi connectivity index (χ2n) is 1.77. The summed E-state index contributed by atoms with van der Waals surface area (Å²) in [5.41, 5.74) is 0.567. The highest BCUT2D eigenvalue weighted by Crippen LogP contribution is 1.99. The molecule has 4 nitrogen and oxygen atoms in total. The van der Waals surface area contributed by atoms with Gasteiger partial charge in [-0.3, -0.25) is 4.98 Å². The maximum Gasteiger partial charge on any atom is 0.321 e. The van der Waals surface area contributed by atoms with E-state index in [0.29, 0.717) is 5.56 Å². The Bertz CT molecular complexity index is 299. The molecular formula is C7H5N3O. The number of rotatable bonds is 1. The Balaban J connectivity index is 3.05. The summed E-state index contributed by atoms with van der Waals surface area (Å²) in [4.78, 5) is 6.76. The average Bonchev–Trinajstić information content (AvgIpc) is 2.09. The molecule has 0 saturated carbocycles. The van der Waals surface area contributed by atoms with Gasteiger partial charge in [-0.2, -0.15) is 0 Å². The first-order valence-electron chi connectivity index (χ1n) is 2.88. The predicted molar refractivity (Wildman–Crippen MR) is 39.2 cm³/mol. The van der Waals surface area contributed by atoms with E-state index in [1.165, 1.54) is 12.4 Å². The summed E-state index contributed by atoms with van der Waals surface area (Å²) >= 11 is 0. The largest absolute Gasteiger partial charge is 0.357 e. The molecule has 0 aliphatic carbocycles. The van der Waals surface area contributed by atoms with Crippen molar-refractivity contribution in [3.63, 3.8) is 0 Å². The summed E-state index contributed by atoms with van der Waals surface area (Å²) in [6.45, 7) is 6.61. The van der Waals surface area contributed by atoms with Crippen LogP contribution in [-0.4, -0.2) is 16.0 Å². The molecule has 0 aliphatic rings. The Hall–Kier alpha value is -1.89. The van der Waals surface area contributed by atoms with Gasteiger partial charge in [-0.05, 0) is 12.1 Å². The number of aromatic nitrogens is 1. The third-order valence-corrected chi connectivity index (χ3v) is 1.14. The highest BCUT2D eigenvalue weighted by molar-refractivity contribution is 6.05. The molecule has 0 fully saturated rings. The number of amidine groups is 1. The molecular weight excluding hydrogens is 142 g/mol. The van der Waals surface area contributed by atoms with Gasteiger partial charge in [0.05, 0.1) is 5.16 Å². The summed E-state index contributed by atoms with van der Waals surface area (Å²) in [6.07, 6.45) is 3.07. The molecule has 11 heavy (non-hydrogen) atoms. The Labute approximate surface area is 63.6 Å².